The van der Waals surface area contributed by atoms with E-state index in [4.69, 9.17) is 0 Å². The summed E-state index contributed by atoms with van der Waals surface area (Å²) in [6, 6.07) is 13.8. The smallest absolute Gasteiger partial charge is 0.325 e. The summed E-state index contributed by atoms with van der Waals surface area (Å²) in [5.41, 5.74) is 1.52. The molecule has 2 amide bonds. The number of halogens is 1. The Bertz CT molecular complexity index is 1010. The molecule has 0 saturated heterocycles. The van der Waals surface area contributed by atoms with Gasteiger partial charge in [-0.05, 0) is 47.5 Å². The van der Waals surface area contributed by atoms with Gasteiger partial charge >= 0.3 is 5.97 Å². The SMILES string of the molecule is C[C@@H]1N=C(Nc2ccccc2Br)N([C@@H](Cc2ccccc2)C(=O)N[C@@H](C)C(=O)O)C1=O. The number of aliphatic carboxylic acids is 1. The summed E-state index contributed by atoms with van der Waals surface area (Å²) >= 11 is 3.46. The molecule has 9 heteroatoms. The summed E-state index contributed by atoms with van der Waals surface area (Å²) < 4.78 is 0.771. The third kappa shape index (κ3) is 5.29. The first kappa shape index (κ1) is 22.5. The number of nitrogens with one attached hydrogen (secondary N) is 2. The van der Waals surface area contributed by atoms with Gasteiger partial charge in [-0.3, -0.25) is 19.3 Å². The standard InChI is InChI=1S/C22H23BrN4O4/c1-13-20(29)27(22(25-13)26-17-11-7-6-10-16(17)23)18(12-15-8-4-3-5-9-15)19(28)24-14(2)21(30)31/h3-11,13-14,18H,12H2,1-2H3,(H,24,28)(H,25,26)(H,30,31)/t13-,14-,18-/m0/s1. The second kappa shape index (κ2) is 9.74. The largest absolute Gasteiger partial charge is 0.480 e. The van der Waals surface area contributed by atoms with Gasteiger partial charge in [-0.25, -0.2) is 4.99 Å². The van der Waals surface area contributed by atoms with Gasteiger partial charge in [0.1, 0.15) is 18.1 Å². The average molecular weight is 487 g/mol. The van der Waals surface area contributed by atoms with Gasteiger partial charge in [0.05, 0.1) is 5.69 Å². The molecule has 162 valence electrons. The Morgan fingerprint density at radius 1 is 1.16 bits per heavy atom. The molecule has 3 atom stereocenters. The third-order valence-electron chi connectivity index (χ3n) is 4.87. The summed E-state index contributed by atoms with van der Waals surface area (Å²) in [4.78, 5) is 43.1. The molecule has 0 bridgehead atoms. The van der Waals surface area contributed by atoms with Crippen LogP contribution in [-0.4, -0.2) is 51.9 Å². The number of amides is 2. The van der Waals surface area contributed by atoms with Crippen LogP contribution in [0.5, 0.6) is 0 Å². The number of para-hydroxylation sites is 1. The van der Waals surface area contributed by atoms with E-state index in [1.807, 2.05) is 54.6 Å². The van der Waals surface area contributed by atoms with Gasteiger partial charge in [-0.2, -0.15) is 0 Å². The molecule has 3 N–H and O–H groups in total. The Morgan fingerprint density at radius 2 is 1.81 bits per heavy atom. The molecular weight excluding hydrogens is 464 g/mol. The highest BCUT2D eigenvalue weighted by molar-refractivity contribution is 9.10. The Hall–Kier alpha value is -3.20. The van der Waals surface area contributed by atoms with E-state index in [9.17, 15) is 19.5 Å². The lowest BCUT2D eigenvalue weighted by Gasteiger charge is -2.29. The number of carboxylic acids is 1. The summed E-state index contributed by atoms with van der Waals surface area (Å²) in [7, 11) is 0. The van der Waals surface area contributed by atoms with Gasteiger partial charge in [0, 0.05) is 10.9 Å². The summed E-state index contributed by atoms with van der Waals surface area (Å²) in [6.07, 6.45) is 0.203. The van der Waals surface area contributed by atoms with Gasteiger partial charge < -0.3 is 15.7 Å². The van der Waals surface area contributed by atoms with E-state index in [2.05, 4.69) is 31.6 Å². The number of guanidine groups is 1. The van der Waals surface area contributed by atoms with Crippen LogP contribution in [0.4, 0.5) is 5.69 Å². The first-order valence-electron chi connectivity index (χ1n) is 9.77. The minimum atomic E-state index is -1.16. The number of carboxylic acid groups (broad SMARTS) is 1. The first-order valence-corrected chi connectivity index (χ1v) is 10.6. The topological polar surface area (TPSA) is 111 Å². The van der Waals surface area contributed by atoms with Crippen molar-refractivity contribution < 1.29 is 19.5 Å². The lowest BCUT2D eigenvalue weighted by atomic mass is 10.0. The van der Waals surface area contributed by atoms with Crippen molar-refractivity contribution in [1.29, 1.82) is 0 Å². The molecule has 3 rings (SSSR count). The van der Waals surface area contributed by atoms with E-state index >= 15 is 0 Å². The summed E-state index contributed by atoms with van der Waals surface area (Å²) in [5.74, 6) is -1.83. The fourth-order valence-corrected chi connectivity index (χ4v) is 3.58. The molecular formula is C22H23BrN4O4. The van der Waals surface area contributed by atoms with Crippen molar-refractivity contribution in [3.8, 4) is 0 Å². The Morgan fingerprint density at radius 3 is 2.45 bits per heavy atom. The number of benzene rings is 2. The maximum Gasteiger partial charge on any atom is 0.325 e. The fourth-order valence-electron chi connectivity index (χ4n) is 3.19. The summed E-state index contributed by atoms with van der Waals surface area (Å²) in [6.45, 7) is 3.03. The highest BCUT2D eigenvalue weighted by Gasteiger charge is 2.41. The molecule has 0 fully saturated rings. The lowest BCUT2D eigenvalue weighted by Crippen LogP contribution is -2.56. The van der Waals surface area contributed by atoms with Gasteiger partial charge in [0.25, 0.3) is 5.91 Å². The summed E-state index contributed by atoms with van der Waals surface area (Å²) in [5, 5.41) is 14.8. The highest BCUT2D eigenvalue weighted by atomic mass is 79.9. The van der Waals surface area contributed by atoms with Crippen LogP contribution in [0.2, 0.25) is 0 Å². The average Bonchev–Trinajstić information content (AvgIpc) is 3.01. The van der Waals surface area contributed by atoms with Crippen LogP contribution in [0.15, 0.2) is 64.1 Å². The molecule has 0 unspecified atom stereocenters. The van der Waals surface area contributed by atoms with Crippen LogP contribution in [0, 0.1) is 0 Å². The van der Waals surface area contributed by atoms with Crippen molar-refractivity contribution in [2.75, 3.05) is 5.32 Å². The molecule has 0 spiro atoms. The molecule has 1 aliphatic rings. The molecule has 8 nitrogen and oxygen atoms in total. The number of carbonyl (C=O) groups excluding carboxylic acids is 2. The van der Waals surface area contributed by atoms with Crippen LogP contribution in [0.3, 0.4) is 0 Å². The van der Waals surface area contributed by atoms with Crippen molar-refractivity contribution in [2.45, 2.75) is 38.4 Å². The van der Waals surface area contributed by atoms with Crippen LogP contribution >= 0.6 is 15.9 Å². The monoisotopic (exact) mass is 486 g/mol. The molecule has 1 heterocycles. The van der Waals surface area contributed by atoms with Gasteiger partial charge in [0.15, 0.2) is 0 Å². The fraction of sp³-hybridized carbons (Fsp3) is 0.273. The molecule has 2 aromatic rings. The van der Waals surface area contributed by atoms with Crippen molar-refractivity contribution in [3.05, 3.63) is 64.6 Å². The minimum absolute atomic E-state index is 0.203. The highest BCUT2D eigenvalue weighted by Crippen LogP contribution is 2.25. The Balaban J connectivity index is 1.95. The predicted octanol–water partition coefficient (Wildman–Crippen LogP) is 2.65. The maximum atomic E-state index is 13.1. The Labute approximate surface area is 188 Å². The van der Waals surface area contributed by atoms with Crippen molar-refractivity contribution in [2.24, 2.45) is 4.99 Å². The van der Waals surface area contributed by atoms with Crippen LogP contribution in [0.1, 0.15) is 19.4 Å². The molecule has 2 aromatic carbocycles. The number of hydrogen-bond donors (Lipinski definition) is 3. The molecule has 0 aromatic heterocycles. The van der Waals surface area contributed by atoms with E-state index in [1.54, 1.807) is 6.92 Å². The number of nitrogens with zero attached hydrogens (tertiary/aromatic N) is 2. The van der Waals surface area contributed by atoms with E-state index in [1.165, 1.54) is 11.8 Å². The lowest BCUT2D eigenvalue weighted by molar-refractivity contribution is -0.142. The van der Waals surface area contributed by atoms with Crippen molar-refractivity contribution in [1.82, 2.24) is 10.2 Å². The number of rotatable bonds is 7. The molecule has 0 radical (unpaired) electrons. The Kier molecular flexibility index (Phi) is 7.06. The quantitative estimate of drug-likeness (QED) is 0.556. The van der Waals surface area contributed by atoms with Crippen molar-refractivity contribution in [3.63, 3.8) is 0 Å². The van der Waals surface area contributed by atoms with Crippen LogP contribution in [-0.2, 0) is 20.8 Å². The second-order valence-corrected chi connectivity index (χ2v) is 8.07. The van der Waals surface area contributed by atoms with E-state index < -0.39 is 30.0 Å². The zero-order valence-corrected chi connectivity index (χ0v) is 18.7. The molecule has 31 heavy (non-hydrogen) atoms. The molecule has 1 aliphatic heterocycles. The zero-order valence-electron chi connectivity index (χ0n) is 17.1. The maximum absolute atomic E-state index is 13.1. The van der Waals surface area contributed by atoms with Gasteiger partial charge in [-0.1, -0.05) is 42.5 Å². The van der Waals surface area contributed by atoms with E-state index in [-0.39, 0.29) is 18.3 Å². The van der Waals surface area contributed by atoms with E-state index in [0.29, 0.717) is 5.69 Å². The van der Waals surface area contributed by atoms with Crippen LogP contribution in [0.25, 0.3) is 0 Å². The molecule has 0 saturated carbocycles. The van der Waals surface area contributed by atoms with Crippen LogP contribution < -0.4 is 10.6 Å². The first-order chi connectivity index (χ1) is 14.8. The number of aliphatic imine (C=N–C) groups is 1. The van der Waals surface area contributed by atoms with Gasteiger partial charge in [-0.15, -0.1) is 0 Å². The zero-order chi connectivity index (χ0) is 22.5. The second-order valence-electron chi connectivity index (χ2n) is 7.22. The number of carbonyl (C=O) groups is 3. The van der Waals surface area contributed by atoms with E-state index in [0.717, 1.165) is 10.0 Å². The van der Waals surface area contributed by atoms with Crippen molar-refractivity contribution >= 4 is 45.4 Å². The third-order valence-corrected chi connectivity index (χ3v) is 5.57. The molecule has 0 aliphatic carbocycles. The minimum Gasteiger partial charge on any atom is -0.480 e. The van der Waals surface area contributed by atoms with Gasteiger partial charge in [0.2, 0.25) is 11.9 Å². The normalized spacial score (nSPS) is 17.6. The number of anilines is 1. The predicted molar refractivity (Wildman–Crippen MR) is 121 cm³/mol. The number of hydrogen-bond acceptors (Lipinski definition) is 5.